The zero-order valence-corrected chi connectivity index (χ0v) is 29.9. The van der Waals surface area contributed by atoms with Gasteiger partial charge in [0, 0.05) is 74.9 Å². The quantitative estimate of drug-likeness (QED) is 0.261. The summed E-state index contributed by atoms with van der Waals surface area (Å²) in [6, 6.07) is 32.4. The first kappa shape index (κ1) is 35.7. The average Bonchev–Trinajstić information content (AvgIpc) is 3.85. The summed E-state index contributed by atoms with van der Waals surface area (Å²) in [6.07, 6.45) is 7.81. The van der Waals surface area contributed by atoms with Gasteiger partial charge in [0.25, 0.3) is 0 Å². The van der Waals surface area contributed by atoms with Gasteiger partial charge < -0.3 is 9.80 Å². The molecule has 0 N–H and O–H groups in total. The van der Waals surface area contributed by atoms with Crippen molar-refractivity contribution >= 4 is 11.6 Å². The van der Waals surface area contributed by atoms with Crippen LogP contribution in [0.15, 0.2) is 85.2 Å². The van der Waals surface area contributed by atoms with Crippen LogP contribution in [0.1, 0.15) is 59.1 Å². The molecule has 2 aromatic carbocycles. The molecule has 8 rings (SSSR count). The Morgan fingerprint density at radius 3 is 1.37 bits per heavy atom. The second-order valence-corrected chi connectivity index (χ2v) is 13.8. The summed E-state index contributed by atoms with van der Waals surface area (Å²) in [5.41, 5.74) is 4.34. The third-order valence-electron chi connectivity index (χ3n) is 10.6. The molecule has 264 valence electrons. The molecule has 4 aromatic rings. The van der Waals surface area contributed by atoms with Crippen molar-refractivity contribution in [3.8, 4) is 48.0 Å². The predicted molar refractivity (Wildman–Crippen MR) is 205 cm³/mol. The summed E-state index contributed by atoms with van der Waals surface area (Å²) in [4.78, 5) is 18.3. The lowest BCUT2D eigenvalue weighted by Gasteiger charge is -2.39. The van der Waals surface area contributed by atoms with Gasteiger partial charge in [-0.3, -0.25) is 9.80 Å². The van der Waals surface area contributed by atoms with Crippen molar-refractivity contribution in [2.45, 2.75) is 49.9 Å². The summed E-state index contributed by atoms with van der Waals surface area (Å²) in [5, 5.41) is 36.7. The van der Waals surface area contributed by atoms with Crippen molar-refractivity contribution in [1.29, 1.82) is 21.0 Å². The van der Waals surface area contributed by atoms with E-state index >= 15 is 0 Å². The van der Waals surface area contributed by atoms with Crippen molar-refractivity contribution in [2.75, 3.05) is 49.1 Å². The molecule has 0 bridgehead atoms. The molecule has 4 aliphatic heterocycles. The molecular weight excluding hydrogens is 669 g/mol. The van der Waals surface area contributed by atoms with Gasteiger partial charge in [-0.1, -0.05) is 35.8 Å². The first-order valence-electron chi connectivity index (χ1n) is 18.3. The molecule has 4 saturated heterocycles. The maximum Gasteiger partial charge on any atom is 0.146 e. The fraction of sp³-hybridized carbons (Fsp3) is 0.318. The lowest BCUT2D eigenvalue weighted by atomic mass is 10.1. The Bertz CT molecular complexity index is 2140. The fourth-order valence-corrected chi connectivity index (χ4v) is 7.94. The minimum atomic E-state index is 0.252. The number of piperazine rings is 2. The Labute approximate surface area is 317 Å². The van der Waals surface area contributed by atoms with E-state index in [2.05, 4.69) is 77.5 Å². The van der Waals surface area contributed by atoms with Crippen molar-refractivity contribution in [3.63, 3.8) is 0 Å². The summed E-state index contributed by atoms with van der Waals surface area (Å²) >= 11 is 0. The van der Waals surface area contributed by atoms with Crippen LogP contribution in [-0.4, -0.2) is 83.2 Å². The number of rotatable bonds is 2. The highest BCUT2D eigenvalue weighted by atomic mass is 15.3. The molecule has 4 aliphatic rings. The average molecular weight is 707 g/mol. The number of hydrogen-bond acceptors (Lipinski definition) is 10. The van der Waals surface area contributed by atoms with Crippen LogP contribution in [0.5, 0.6) is 0 Å². The lowest BCUT2D eigenvalue weighted by Crippen LogP contribution is -2.52. The van der Waals surface area contributed by atoms with E-state index in [1.54, 1.807) is 36.7 Å². The lowest BCUT2D eigenvalue weighted by molar-refractivity contribution is 0.202. The highest BCUT2D eigenvalue weighted by Crippen LogP contribution is 2.31. The van der Waals surface area contributed by atoms with E-state index < -0.39 is 0 Å². The van der Waals surface area contributed by atoms with Crippen molar-refractivity contribution < 1.29 is 0 Å². The van der Waals surface area contributed by atoms with Crippen molar-refractivity contribution in [3.05, 3.63) is 119 Å². The van der Waals surface area contributed by atoms with Crippen molar-refractivity contribution in [1.82, 2.24) is 19.8 Å². The van der Waals surface area contributed by atoms with Crippen LogP contribution < -0.4 is 9.80 Å². The van der Waals surface area contributed by atoms with Crippen LogP contribution in [0.3, 0.4) is 0 Å². The van der Waals surface area contributed by atoms with Crippen LogP contribution in [0.25, 0.3) is 0 Å². The molecule has 4 fully saturated rings. The molecule has 4 atom stereocenters. The summed E-state index contributed by atoms with van der Waals surface area (Å²) < 4.78 is 0. The third kappa shape index (κ3) is 8.03. The SMILES string of the molecule is N#Cc1cccc(C#C[C@@H]2CC[C@@H]3CN(c4ncccc4C#N)CCN32)c1.N#Cc1cccc(C#C[C@H]2CC[C@H]3CN(c4ncccc4C#N)CCN32)c1. The molecule has 0 spiro atoms. The zero-order valence-electron chi connectivity index (χ0n) is 29.9. The van der Waals surface area contributed by atoms with E-state index in [1.165, 1.54) is 0 Å². The van der Waals surface area contributed by atoms with E-state index in [9.17, 15) is 10.5 Å². The van der Waals surface area contributed by atoms with Crippen LogP contribution >= 0.6 is 0 Å². The maximum atomic E-state index is 9.33. The molecule has 0 saturated carbocycles. The largest absolute Gasteiger partial charge is 0.353 e. The Hall–Kier alpha value is -6.66. The number of benzene rings is 2. The molecule has 0 amide bonds. The van der Waals surface area contributed by atoms with Gasteiger partial charge >= 0.3 is 0 Å². The number of fused-ring (bicyclic) bond motifs is 2. The molecule has 6 heterocycles. The van der Waals surface area contributed by atoms with Gasteiger partial charge in [-0.2, -0.15) is 21.0 Å². The summed E-state index contributed by atoms with van der Waals surface area (Å²) in [5.74, 6) is 14.9. The van der Waals surface area contributed by atoms with Gasteiger partial charge in [0.05, 0.1) is 46.5 Å². The Kier molecular flexibility index (Phi) is 11.1. The number of nitrogens with zero attached hydrogens (tertiary/aromatic N) is 10. The van der Waals surface area contributed by atoms with Crippen LogP contribution in [0.2, 0.25) is 0 Å². The van der Waals surface area contributed by atoms with Gasteiger partial charge in [0.15, 0.2) is 0 Å². The minimum absolute atomic E-state index is 0.252. The second-order valence-electron chi connectivity index (χ2n) is 13.8. The van der Waals surface area contributed by atoms with E-state index in [0.717, 1.165) is 87.7 Å². The topological polar surface area (TPSA) is 134 Å². The molecule has 54 heavy (non-hydrogen) atoms. The van der Waals surface area contributed by atoms with E-state index in [4.69, 9.17) is 10.5 Å². The predicted octanol–water partition coefficient (Wildman–Crippen LogP) is 5.06. The third-order valence-corrected chi connectivity index (χ3v) is 10.6. The minimum Gasteiger partial charge on any atom is -0.353 e. The van der Waals surface area contributed by atoms with Gasteiger partial charge in [-0.25, -0.2) is 9.97 Å². The summed E-state index contributed by atoms with van der Waals surface area (Å²) in [6.45, 7) is 5.31. The molecular formula is C44H38N10. The molecule has 0 unspecified atom stereocenters. The van der Waals surface area contributed by atoms with Crippen LogP contribution in [0, 0.1) is 69.0 Å². The number of pyridine rings is 2. The van der Waals surface area contributed by atoms with Gasteiger partial charge in [0.2, 0.25) is 0 Å². The number of anilines is 2. The molecule has 0 aliphatic carbocycles. The van der Waals surface area contributed by atoms with Gasteiger partial charge in [-0.15, -0.1) is 0 Å². The van der Waals surface area contributed by atoms with Crippen LogP contribution in [-0.2, 0) is 0 Å². The Morgan fingerprint density at radius 2 is 0.944 bits per heavy atom. The van der Waals surface area contributed by atoms with Gasteiger partial charge in [0.1, 0.15) is 23.8 Å². The first-order chi connectivity index (χ1) is 26.6. The number of aromatic nitrogens is 2. The normalized spacial score (nSPS) is 21.5. The highest BCUT2D eigenvalue weighted by Gasteiger charge is 2.38. The van der Waals surface area contributed by atoms with E-state index in [-0.39, 0.29) is 12.1 Å². The highest BCUT2D eigenvalue weighted by molar-refractivity contribution is 5.55. The fourth-order valence-electron chi connectivity index (χ4n) is 7.94. The molecule has 10 nitrogen and oxygen atoms in total. The maximum absolute atomic E-state index is 9.33. The Morgan fingerprint density at radius 1 is 0.500 bits per heavy atom. The molecule has 10 heteroatoms. The second kappa shape index (κ2) is 16.8. The van der Waals surface area contributed by atoms with Crippen molar-refractivity contribution in [2.24, 2.45) is 0 Å². The Balaban J connectivity index is 0.000000167. The molecule has 2 aromatic heterocycles. The number of hydrogen-bond donors (Lipinski definition) is 0. The standard InChI is InChI=1S/2C22H19N5/c2*23-14-18-4-1-3-17(13-18)6-7-20-8-9-21-16-26(11-12-27(20)21)22-19(15-24)5-2-10-25-22/h2*1-5,10,13,20-21H,8-9,11-12,16H2/t2*20-,21-/m10/s1. The van der Waals surface area contributed by atoms with Crippen LogP contribution in [0.4, 0.5) is 11.6 Å². The van der Waals surface area contributed by atoms with E-state index in [0.29, 0.717) is 34.3 Å². The number of nitriles is 4. The van der Waals surface area contributed by atoms with E-state index in [1.807, 2.05) is 48.5 Å². The molecule has 0 radical (unpaired) electrons. The first-order valence-corrected chi connectivity index (χ1v) is 18.3. The summed E-state index contributed by atoms with van der Waals surface area (Å²) in [7, 11) is 0. The zero-order chi connectivity index (χ0) is 37.3. The smallest absolute Gasteiger partial charge is 0.146 e. The van der Waals surface area contributed by atoms with Gasteiger partial charge in [-0.05, 0) is 86.3 Å². The monoisotopic (exact) mass is 706 g/mol.